The van der Waals surface area contributed by atoms with Gasteiger partial charge in [-0.05, 0) is 49.7 Å². The number of thioether (sulfide) groups is 1. The maximum absolute atomic E-state index is 13.3. The van der Waals surface area contributed by atoms with Crippen molar-refractivity contribution in [1.29, 1.82) is 5.26 Å². The van der Waals surface area contributed by atoms with Crippen molar-refractivity contribution < 1.29 is 4.79 Å². The average molecular weight is 471 g/mol. The number of nitriles is 1. The number of rotatable bonds is 3. The molecule has 1 saturated carbocycles. The van der Waals surface area contributed by atoms with Crippen LogP contribution in [-0.2, 0) is 11.8 Å². The minimum atomic E-state index is -0.290. The van der Waals surface area contributed by atoms with E-state index in [9.17, 15) is 14.9 Å². The standard InChI is InChI=1S/C24H30N4O2S2/c1-14-9-15(2)13-27(12-14)21-18(16(3)19(11-25)22(29)26(21)4)10-20-23(30)28(24(31)32-20)17-7-5-6-8-17/h10,14-15,17H,5-9,12-13H2,1-4H3/b20-10+. The fourth-order valence-electron chi connectivity index (χ4n) is 5.52. The zero-order chi connectivity index (χ0) is 23.2. The Hall–Kier alpha value is -2.11. The van der Waals surface area contributed by atoms with Crippen LogP contribution in [0.5, 0.6) is 0 Å². The van der Waals surface area contributed by atoms with E-state index in [4.69, 9.17) is 12.2 Å². The molecular weight excluding hydrogens is 440 g/mol. The van der Waals surface area contributed by atoms with Crippen LogP contribution in [0.3, 0.4) is 0 Å². The maximum atomic E-state index is 13.3. The van der Waals surface area contributed by atoms with Gasteiger partial charge in [-0.25, -0.2) is 0 Å². The van der Waals surface area contributed by atoms with Gasteiger partial charge < -0.3 is 4.90 Å². The molecule has 0 aromatic carbocycles. The van der Waals surface area contributed by atoms with Crippen LogP contribution in [0, 0.1) is 30.1 Å². The van der Waals surface area contributed by atoms with Gasteiger partial charge in [0.05, 0.1) is 4.91 Å². The molecular formula is C24H30N4O2S2. The van der Waals surface area contributed by atoms with E-state index in [0.29, 0.717) is 26.6 Å². The molecule has 170 valence electrons. The van der Waals surface area contributed by atoms with Crippen LogP contribution in [0.25, 0.3) is 6.08 Å². The van der Waals surface area contributed by atoms with Crippen LogP contribution >= 0.6 is 24.0 Å². The minimum Gasteiger partial charge on any atom is -0.357 e. The molecule has 6 nitrogen and oxygen atoms in total. The molecule has 3 heterocycles. The normalized spacial score (nSPS) is 25.8. The van der Waals surface area contributed by atoms with Gasteiger partial charge in [0.25, 0.3) is 11.5 Å². The smallest absolute Gasteiger partial charge is 0.270 e. The molecule has 3 aliphatic rings. The molecule has 2 atom stereocenters. The van der Waals surface area contributed by atoms with Gasteiger partial charge >= 0.3 is 0 Å². The fourth-order valence-corrected chi connectivity index (χ4v) is 6.90. The lowest BCUT2D eigenvalue weighted by atomic mass is 9.91. The lowest BCUT2D eigenvalue weighted by molar-refractivity contribution is -0.123. The third-order valence-corrected chi connectivity index (χ3v) is 8.26. The number of amides is 1. The largest absolute Gasteiger partial charge is 0.357 e. The van der Waals surface area contributed by atoms with E-state index in [2.05, 4.69) is 24.8 Å². The first-order valence-electron chi connectivity index (χ1n) is 11.4. The summed E-state index contributed by atoms with van der Waals surface area (Å²) >= 11 is 6.91. The van der Waals surface area contributed by atoms with Crippen molar-refractivity contribution in [3.8, 4) is 6.07 Å². The highest BCUT2D eigenvalue weighted by atomic mass is 32.2. The molecule has 3 fully saturated rings. The summed E-state index contributed by atoms with van der Waals surface area (Å²) in [6, 6.07) is 2.27. The molecule has 1 aliphatic carbocycles. The topological polar surface area (TPSA) is 69.3 Å². The molecule has 8 heteroatoms. The van der Waals surface area contributed by atoms with Gasteiger partial charge in [-0.3, -0.25) is 19.1 Å². The summed E-state index contributed by atoms with van der Waals surface area (Å²) in [6.45, 7) is 7.94. The van der Waals surface area contributed by atoms with Crippen LogP contribution in [-0.4, -0.2) is 38.8 Å². The highest BCUT2D eigenvalue weighted by Crippen LogP contribution is 2.40. The first-order valence-corrected chi connectivity index (χ1v) is 12.6. The van der Waals surface area contributed by atoms with E-state index < -0.39 is 0 Å². The molecule has 1 aromatic rings. The Balaban J connectivity index is 1.84. The van der Waals surface area contributed by atoms with E-state index in [1.165, 1.54) is 11.8 Å². The van der Waals surface area contributed by atoms with Gasteiger partial charge in [-0.15, -0.1) is 0 Å². The van der Waals surface area contributed by atoms with Gasteiger partial charge in [0.15, 0.2) is 0 Å². The van der Waals surface area contributed by atoms with Gasteiger partial charge in [-0.1, -0.05) is 50.7 Å². The molecule has 0 bridgehead atoms. The van der Waals surface area contributed by atoms with Gasteiger partial charge in [0.1, 0.15) is 21.8 Å². The third-order valence-electron chi connectivity index (χ3n) is 6.93. The van der Waals surface area contributed by atoms with Gasteiger partial charge in [0.2, 0.25) is 0 Å². The third kappa shape index (κ3) is 4.01. The second kappa shape index (κ2) is 9.03. The average Bonchev–Trinajstić information content (AvgIpc) is 3.34. The number of nitrogens with zero attached hydrogens (tertiary/aromatic N) is 4. The molecule has 0 radical (unpaired) electrons. The number of hydrogen-bond acceptors (Lipinski definition) is 6. The van der Waals surface area contributed by atoms with Crippen molar-refractivity contribution in [1.82, 2.24) is 9.47 Å². The molecule has 0 N–H and O–H groups in total. The van der Waals surface area contributed by atoms with E-state index in [0.717, 1.165) is 56.6 Å². The summed E-state index contributed by atoms with van der Waals surface area (Å²) in [5, 5.41) is 9.68. The van der Waals surface area contributed by atoms with Crippen molar-refractivity contribution in [3.63, 3.8) is 0 Å². The van der Waals surface area contributed by atoms with Crippen molar-refractivity contribution in [2.75, 3.05) is 18.0 Å². The maximum Gasteiger partial charge on any atom is 0.270 e. The number of carbonyl (C=O) groups excluding carboxylic acids is 1. The van der Waals surface area contributed by atoms with Crippen molar-refractivity contribution in [3.05, 3.63) is 31.9 Å². The molecule has 1 aromatic heterocycles. The van der Waals surface area contributed by atoms with Crippen LogP contribution in [0.15, 0.2) is 9.70 Å². The van der Waals surface area contributed by atoms with Crippen LogP contribution in [0.1, 0.15) is 62.6 Å². The lowest BCUT2D eigenvalue weighted by Gasteiger charge is -2.38. The number of thiocarbonyl (C=S) groups is 1. The van der Waals surface area contributed by atoms with Crippen LogP contribution in [0.2, 0.25) is 0 Å². The zero-order valence-electron chi connectivity index (χ0n) is 19.2. The number of hydrogen-bond donors (Lipinski definition) is 0. The van der Waals surface area contributed by atoms with Gasteiger partial charge in [0, 0.05) is 31.7 Å². The Morgan fingerprint density at radius 3 is 2.38 bits per heavy atom. The van der Waals surface area contributed by atoms with Crippen molar-refractivity contribution in [2.45, 2.75) is 58.9 Å². The minimum absolute atomic E-state index is 0.0509. The Labute approximate surface area is 199 Å². The van der Waals surface area contributed by atoms with E-state index in [-0.39, 0.29) is 23.1 Å². The molecule has 2 saturated heterocycles. The number of pyridine rings is 1. The molecule has 4 rings (SSSR count). The predicted octanol–water partition coefficient (Wildman–Crippen LogP) is 4.19. The number of carbonyl (C=O) groups is 1. The van der Waals surface area contributed by atoms with Crippen molar-refractivity contribution >= 4 is 46.1 Å². The summed E-state index contributed by atoms with van der Waals surface area (Å²) in [7, 11) is 1.73. The second-order valence-electron chi connectivity index (χ2n) is 9.55. The molecule has 2 aliphatic heterocycles. The summed E-state index contributed by atoms with van der Waals surface area (Å²) in [4.78, 5) is 30.9. The molecule has 32 heavy (non-hydrogen) atoms. The van der Waals surface area contributed by atoms with Gasteiger partial charge in [-0.2, -0.15) is 5.26 Å². The Kier molecular flexibility index (Phi) is 6.51. The van der Waals surface area contributed by atoms with Crippen molar-refractivity contribution in [2.24, 2.45) is 18.9 Å². The van der Waals surface area contributed by atoms with Crippen LogP contribution in [0.4, 0.5) is 5.82 Å². The van der Waals surface area contributed by atoms with E-state index >= 15 is 0 Å². The SMILES string of the molecule is Cc1c(/C=C2/SC(=S)N(C3CCCC3)C2=O)c(N2CC(C)CC(C)C2)n(C)c(=O)c1C#N. The fraction of sp³-hybridized carbons (Fsp3) is 0.583. The summed E-state index contributed by atoms with van der Waals surface area (Å²) in [6.07, 6.45) is 7.25. The number of anilines is 1. The number of piperidine rings is 1. The van der Waals surface area contributed by atoms with Crippen LogP contribution < -0.4 is 10.5 Å². The highest BCUT2D eigenvalue weighted by molar-refractivity contribution is 8.26. The Morgan fingerprint density at radius 2 is 1.78 bits per heavy atom. The monoisotopic (exact) mass is 470 g/mol. The first kappa shape index (κ1) is 23.1. The molecule has 1 amide bonds. The molecule has 2 unspecified atom stereocenters. The first-order chi connectivity index (χ1) is 15.2. The second-order valence-corrected chi connectivity index (χ2v) is 11.2. The number of aromatic nitrogens is 1. The Morgan fingerprint density at radius 1 is 1.16 bits per heavy atom. The molecule has 0 spiro atoms. The van der Waals surface area contributed by atoms with E-state index in [1.807, 2.05) is 13.0 Å². The highest BCUT2D eigenvalue weighted by Gasteiger charge is 2.38. The zero-order valence-corrected chi connectivity index (χ0v) is 20.8. The lowest BCUT2D eigenvalue weighted by Crippen LogP contribution is -2.42. The summed E-state index contributed by atoms with van der Waals surface area (Å²) < 4.78 is 2.19. The van der Waals surface area contributed by atoms with E-state index in [1.54, 1.807) is 16.5 Å². The quantitative estimate of drug-likeness (QED) is 0.487. The Bertz CT molecular complexity index is 1080. The summed E-state index contributed by atoms with van der Waals surface area (Å²) in [5.41, 5.74) is 1.24. The summed E-state index contributed by atoms with van der Waals surface area (Å²) in [5.74, 6) is 1.73. The predicted molar refractivity (Wildman–Crippen MR) is 134 cm³/mol.